The minimum Gasteiger partial charge on any atom is -0.354 e. The summed E-state index contributed by atoms with van der Waals surface area (Å²) in [6, 6.07) is 10.5. The van der Waals surface area contributed by atoms with Crippen LogP contribution in [0.4, 0.5) is 0 Å². The van der Waals surface area contributed by atoms with Gasteiger partial charge in [0.05, 0.1) is 6.10 Å². The second-order valence-electron chi connectivity index (χ2n) is 7.25. The van der Waals surface area contributed by atoms with Crippen molar-refractivity contribution in [2.75, 3.05) is 13.1 Å². The molecular weight excluding hydrogens is 324 g/mol. The van der Waals surface area contributed by atoms with E-state index < -0.39 is 15.0 Å². The molecule has 1 saturated heterocycles. The Hall–Kier alpha value is -0.950. The molecule has 0 spiro atoms. The number of benzene rings is 1. The van der Waals surface area contributed by atoms with E-state index in [0.717, 1.165) is 38.6 Å². The Balaban J connectivity index is 1.65. The zero-order valence-corrected chi connectivity index (χ0v) is 15.1. The molecule has 1 saturated carbocycles. The Morgan fingerprint density at radius 3 is 2.33 bits per heavy atom. The van der Waals surface area contributed by atoms with E-state index in [9.17, 15) is 8.42 Å². The summed E-state index contributed by atoms with van der Waals surface area (Å²) in [6.07, 6.45) is 4.56. The molecule has 0 radical (unpaired) electrons. The molecule has 2 unspecified atom stereocenters. The molecular formula is C18H28N2O3S. The van der Waals surface area contributed by atoms with Crippen molar-refractivity contribution >= 4 is 10.0 Å². The zero-order valence-electron chi connectivity index (χ0n) is 14.3. The van der Waals surface area contributed by atoms with Crippen molar-refractivity contribution in [1.29, 1.82) is 0 Å². The van der Waals surface area contributed by atoms with E-state index in [0.29, 0.717) is 12.5 Å². The average Bonchev–Trinajstić information content (AvgIpc) is 3.10. The molecule has 0 amide bonds. The fraction of sp³-hybridized carbons (Fsp3) is 0.667. The van der Waals surface area contributed by atoms with Crippen molar-refractivity contribution in [3.8, 4) is 0 Å². The van der Waals surface area contributed by atoms with Gasteiger partial charge in [0.1, 0.15) is 0 Å². The number of hydrogen-bond acceptors (Lipinski definition) is 4. The van der Waals surface area contributed by atoms with Crippen molar-refractivity contribution in [2.24, 2.45) is 11.1 Å². The lowest BCUT2D eigenvalue weighted by Gasteiger charge is -2.39. The maximum absolute atomic E-state index is 12.2. The predicted octanol–water partition coefficient (Wildman–Crippen LogP) is 2.34. The highest BCUT2D eigenvalue weighted by molar-refractivity contribution is 7.90. The summed E-state index contributed by atoms with van der Waals surface area (Å²) >= 11 is 0. The van der Waals surface area contributed by atoms with Crippen LogP contribution in [0.25, 0.3) is 0 Å². The molecule has 24 heavy (non-hydrogen) atoms. The van der Waals surface area contributed by atoms with Crippen LogP contribution < -0.4 is 10.5 Å². The first-order valence-corrected chi connectivity index (χ1v) is 10.4. The highest BCUT2D eigenvalue weighted by atomic mass is 32.2. The van der Waals surface area contributed by atoms with Crippen LogP contribution in [0, 0.1) is 5.92 Å². The van der Waals surface area contributed by atoms with Crippen LogP contribution in [0.2, 0.25) is 0 Å². The molecule has 6 heteroatoms. The first-order chi connectivity index (χ1) is 11.4. The predicted molar refractivity (Wildman–Crippen MR) is 95.0 cm³/mol. The Labute approximate surface area is 145 Å². The van der Waals surface area contributed by atoms with E-state index >= 15 is 0 Å². The van der Waals surface area contributed by atoms with E-state index in [1.165, 1.54) is 5.56 Å². The molecule has 134 valence electrons. The summed E-state index contributed by atoms with van der Waals surface area (Å²) in [5.41, 5.74) is 1.37. The van der Waals surface area contributed by atoms with E-state index in [4.69, 9.17) is 9.88 Å². The zero-order chi connectivity index (χ0) is 17.2. The van der Waals surface area contributed by atoms with E-state index in [1.54, 1.807) is 6.92 Å². The smallest absolute Gasteiger partial charge is 0.239 e. The van der Waals surface area contributed by atoms with Crippen molar-refractivity contribution in [2.45, 2.75) is 56.0 Å². The molecule has 2 atom stereocenters. The van der Waals surface area contributed by atoms with Gasteiger partial charge in [-0.1, -0.05) is 30.3 Å². The molecule has 5 nitrogen and oxygen atoms in total. The van der Waals surface area contributed by atoms with E-state index in [1.807, 2.05) is 6.07 Å². The molecule has 0 bridgehead atoms. The Bertz CT molecular complexity index is 635. The van der Waals surface area contributed by atoms with Gasteiger partial charge in [-0.3, -0.25) is 0 Å². The van der Waals surface area contributed by atoms with Crippen LogP contribution in [0.15, 0.2) is 30.3 Å². The second kappa shape index (κ2) is 7.12. The quantitative estimate of drug-likeness (QED) is 0.852. The number of nitrogens with two attached hydrogens (primary N) is 1. The van der Waals surface area contributed by atoms with Crippen molar-refractivity contribution in [3.05, 3.63) is 35.9 Å². The molecule has 1 heterocycles. The normalized spacial score (nSPS) is 30.8. The fourth-order valence-corrected chi connectivity index (χ4v) is 5.00. The van der Waals surface area contributed by atoms with E-state index in [-0.39, 0.29) is 12.0 Å². The summed E-state index contributed by atoms with van der Waals surface area (Å²) in [7, 11) is -3.78. The van der Waals surface area contributed by atoms with Crippen molar-refractivity contribution in [3.63, 3.8) is 0 Å². The van der Waals surface area contributed by atoms with Crippen LogP contribution in [-0.2, 0) is 14.8 Å². The van der Waals surface area contributed by atoms with Gasteiger partial charge >= 0.3 is 0 Å². The topological polar surface area (TPSA) is 81.4 Å². The molecule has 1 aliphatic carbocycles. The van der Waals surface area contributed by atoms with Gasteiger partial charge in [0, 0.05) is 12.5 Å². The van der Waals surface area contributed by atoms with Gasteiger partial charge in [-0.25, -0.2) is 13.6 Å². The van der Waals surface area contributed by atoms with Gasteiger partial charge in [0.2, 0.25) is 10.0 Å². The number of primary sulfonamides is 1. The maximum atomic E-state index is 12.2. The highest BCUT2D eigenvalue weighted by Gasteiger charge is 2.48. The lowest BCUT2D eigenvalue weighted by Crippen LogP contribution is -2.52. The van der Waals surface area contributed by atoms with Gasteiger partial charge in [-0.15, -0.1) is 0 Å². The minimum absolute atomic E-state index is 0.0334. The van der Waals surface area contributed by atoms with Gasteiger partial charge in [0.15, 0.2) is 4.93 Å². The maximum Gasteiger partial charge on any atom is 0.239 e. The average molecular weight is 353 g/mol. The SMILES string of the molecule is CC(OC1CCC(c2ccccc2)CC1)(C1CCNC1)S(N)(=O)=O. The number of sulfonamides is 1. The monoisotopic (exact) mass is 352 g/mol. The first kappa shape index (κ1) is 17.9. The summed E-state index contributed by atoms with van der Waals surface area (Å²) in [5, 5.41) is 8.76. The third-order valence-corrected chi connectivity index (χ3v) is 7.27. The first-order valence-electron chi connectivity index (χ1n) is 8.86. The summed E-state index contributed by atoms with van der Waals surface area (Å²) < 4.78 is 30.6. The van der Waals surface area contributed by atoms with Crippen LogP contribution >= 0.6 is 0 Å². The van der Waals surface area contributed by atoms with Crippen molar-refractivity contribution < 1.29 is 13.2 Å². The Morgan fingerprint density at radius 2 is 1.79 bits per heavy atom. The fourth-order valence-electron chi connectivity index (χ4n) is 4.07. The number of ether oxygens (including phenoxy) is 1. The molecule has 1 aromatic carbocycles. The summed E-state index contributed by atoms with van der Waals surface area (Å²) in [6.45, 7) is 3.12. The second-order valence-corrected chi connectivity index (χ2v) is 9.15. The van der Waals surface area contributed by atoms with Crippen LogP contribution in [0.3, 0.4) is 0 Å². The number of hydrogen-bond donors (Lipinski definition) is 2. The van der Waals surface area contributed by atoms with E-state index in [2.05, 4.69) is 29.6 Å². The van der Waals surface area contributed by atoms with Gasteiger partial charge in [-0.05, 0) is 57.1 Å². The molecule has 1 aromatic rings. The summed E-state index contributed by atoms with van der Waals surface area (Å²) in [4.78, 5) is -1.29. The minimum atomic E-state index is -3.78. The molecule has 1 aliphatic heterocycles. The standard InChI is InChI=1S/C18H28N2O3S/c1-18(24(19,21)22,16-11-12-20-13-16)23-17-9-7-15(8-10-17)14-5-3-2-4-6-14/h2-6,15-17,20H,7-13H2,1H3,(H2,19,21,22). The molecule has 3 rings (SSSR count). The van der Waals surface area contributed by atoms with Gasteiger partial charge in [0.25, 0.3) is 0 Å². The molecule has 2 fully saturated rings. The lowest BCUT2D eigenvalue weighted by molar-refractivity contribution is -0.0737. The van der Waals surface area contributed by atoms with Crippen LogP contribution in [0.1, 0.15) is 50.5 Å². The third kappa shape index (κ3) is 3.67. The molecule has 3 N–H and O–H groups in total. The molecule has 2 aliphatic rings. The van der Waals surface area contributed by atoms with Crippen molar-refractivity contribution in [1.82, 2.24) is 5.32 Å². The van der Waals surface area contributed by atoms with Gasteiger partial charge in [-0.2, -0.15) is 0 Å². The number of rotatable bonds is 5. The third-order valence-electron chi connectivity index (χ3n) is 5.71. The van der Waals surface area contributed by atoms with Gasteiger partial charge < -0.3 is 10.1 Å². The van der Waals surface area contributed by atoms with Crippen LogP contribution in [0.5, 0.6) is 0 Å². The summed E-state index contributed by atoms with van der Waals surface area (Å²) in [5.74, 6) is 0.458. The lowest BCUT2D eigenvalue weighted by atomic mass is 9.82. The Morgan fingerprint density at radius 1 is 1.12 bits per heavy atom. The highest BCUT2D eigenvalue weighted by Crippen LogP contribution is 2.39. The Kier molecular flexibility index (Phi) is 5.30. The molecule has 0 aromatic heterocycles. The van der Waals surface area contributed by atoms with Crippen LogP contribution in [-0.4, -0.2) is 32.5 Å². The number of nitrogens with one attached hydrogen (secondary N) is 1. The largest absolute Gasteiger partial charge is 0.354 e.